The number of aliphatic hydroxyl groups is 1. The van der Waals surface area contributed by atoms with Crippen LogP contribution in [0.4, 0.5) is 11.8 Å². The Morgan fingerprint density at radius 1 is 1.24 bits per heavy atom. The first kappa shape index (κ1) is 14.0. The van der Waals surface area contributed by atoms with Crippen LogP contribution in [0.2, 0.25) is 0 Å². The van der Waals surface area contributed by atoms with Gasteiger partial charge in [-0.05, 0) is 25.5 Å². The summed E-state index contributed by atoms with van der Waals surface area (Å²) >= 11 is 0. The maximum atomic E-state index is 9.87. The molecule has 7 heteroatoms. The molecule has 21 heavy (non-hydrogen) atoms. The van der Waals surface area contributed by atoms with Gasteiger partial charge in [0.05, 0.1) is 17.5 Å². The van der Waals surface area contributed by atoms with Crippen molar-refractivity contribution in [1.29, 1.82) is 0 Å². The molecule has 0 amide bonds. The molecule has 4 N–H and O–H groups in total. The number of aryl methyl sites for hydroxylation is 2. The van der Waals surface area contributed by atoms with Crippen molar-refractivity contribution in [2.75, 3.05) is 30.8 Å². The monoisotopic (exact) mass is 288 g/mol. The van der Waals surface area contributed by atoms with E-state index < -0.39 is 6.10 Å². The van der Waals surface area contributed by atoms with Gasteiger partial charge in [-0.25, -0.2) is 4.98 Å². The second-order valence-electron chi connectivity index (χ2n) is 5.40. The molecule has 3 rings (SSSR count). The zero-order valence-corrected chi connectivity index (χ0v) is 12.4. The summed E-state index contributed by atoms with van der Waals surface area (Å²) in [7, 11) is 1.83. The van der Waals surface area contributed by atoms with Gasteiger partial charge in [-0.1, -0.05) is 0 Å². The van der Waals surface area contributed by atoms with Crippen molar-refractivity contribution < 1.29 is 5.11 Å². The molecular weight excluding hydrogens is 268 g/mol. The Kier molecular flexibility index (Phi) is 3.60. The van der Waals surface area contributed by atoms with Gasteiger partial charge in [0.15, 0.2) is 5.65 Å². The molecule has 0 saturated carbocycles. The number of hydrogen-bond donors (Lipinski definition) is 4. The van der Waals surface area contributed by atoms with Crippen molar-refractivity contribution in [2.24, 2.45) is 0 Å². The predicted octanol–water partition coefficient (Wildman–Crippen LogP) is 0.428. The van der Waals surface area contributed by atoms with Crippen LogP contribution in [0.5, 0.6) is 0 Å². The van der Waals surface area contributed by atoms with Gasteiger partial charge in [0.2, 0.25) is 5.95 Å². The molecule has 2 atom stereocenters. The first-order chi connectivity index (χ1) is 10.1. The minimum Gasteiger partial charge on any atom is -0.390 e. The largest absolute Gasteiger partial charge is 0.390 e. The average Bonchev–Trinajstić information content (AvgIpc) is 2.82. The fraction of sp³-hybridized carbons (Fsp3) is 0.500. The number of pyridine rings is 1. The van der Waals surface area contributed by atoms with Crippen LogP contribution in [0, 0.1) is 13.8 Å². The fourth-order valence-corrected chi connectivity index (χ4v) is 2.70. The van der Waals surface area contributed by atoms with E-state index >= 15 is 0 Å². The number of fused-ring (bicyclic) bond motifs is 1. The Bertz CT molecular complexity index is 674. The standard InChI is InChI=1S/C14H20N6O/c1-7-4-8(2)17-13-11(7)12(15-3)19-14(20-13)18-9-5-16-6-10(9)21/h4,9-10,16,21H,5-6H2,1-3H3,(H2,15,17,18,19,20)/t9?,10-/m1/s1. The van der Waals surface area contributed by atoms with Gasteiger partial charge in [-0.2, -0.15) is 9.97 Å². The van der Waals surface area contributed by atoms with Crippen LogP contribution < -0.4 is 16.0 Å². The molecule has 1 saturated heterocycles. The van der Waals surface area contributed by atoms with Crippen LogP contribution in [0.1, 0.15) is 11.3 Å². The van der Waals surface area contributed by atoms with Gasteiger partial charge < -0.3 is 21.1 Å². The lowest BCUT2D eigenvalue weighted by Crippen LogP contribution is -2.32. The third-order valence-corrected chi connectivity index (χ3v) is 3.73. The van der Waals surface area contributed by atoms with Crippen molar-refractivity contribution in [3.63, 3.8) is 0 Å². The number of nitrogens with zero attached hydrogens (tertiary/aromatic N) is 3. The first-order valence-electron chi connectivity index (χ1n) is 7.07. The van der Waals surface area contributed by atoms with Crippen LogP contribution in [0.25, 0.3) is 11.0 Å². The topological polar surface area (TPSA) is 95.0 Å². The maximum Gasteiger partial charge on any atom is 0.227 e. The molecule has 0 radical (unpaired) electrons. The van der Waals surface area contributed by atoms with Gasteiger partial charge in [0, 0.05) is 25.8 Å². The highest BCUT2D eigenvalue weighted by Gasteiger charge is 2.25. The summed E-state index contributed by atoms with van der Waals surface area (Å²) in [6.07, 6.45) is -0.436. The van der Waals surface area contributed by atoms with Crippen LogP contribution in [-0.2, 0) is 0 Å². The number of anilines is 2. The van der Waals surface area contributed by atoms with Crippen molar-refractivity contribution in [1.82, 2.24) is 20.3 Å². The summed E-state index contributed by atoms with van der Waals surface area (Å²) in [5.41, 5.74) is 2.68. The minimum atomic E-state index is -0.436. The Morgan fingerprint density at radius 2 is 2.05 bits per heavy atom. The first-order valence-corrected chi connectivity index (χ1v) is 7.07. The third-order valence-electron chi connectivity index (χ3n) is 3.73. The van der Waals surface area contributed by atoms with Gasteiger partial charge in [-0.3, -0.25) is 0 Å². The van der Waals surface area contributed by atoms with Crippen LogP contribution in [0.15, 0.2) is 6.07 Å². The molecule has 7 nitrogen and oxygen atoms in total. The average molecular weight is 288 g/mol. The molecule has 2 aromatic rings. The van der Waals surface area contributed by atoms with E-state index in [2.05, 4.69) is 30.9 Å². The lowest BCUT2D eigenvalue weighted by atomic mass is 10.1. The normalized spacial score (nSPS) is 21.7. The van der Waals surface area contributed by atoms with Crippen molar-refractivity contribution in [2.45, 2.75) is 26.0 Å². The smallest absolute Gasteiger partial charge is 0.227 e. The van der Waals surface area contributed by atoms with E-state index in [1.165, 1.54) is 0 Å². The van der Waals surface area contributed by atoms with Gasteiger partial charge in [-0.15, -0.1) is 0 Å². The molecule has 0 bridgehead atoms. The Labute approximate surface area is 123 Å². The Morgan fingerprint density at radius 3 is 2.71 bits per heavy atom. The zero-order valence-electron chi connectivity index (χ0n) is 12.4. The Balaban J connectivity index is 2.04. The molecule has 112 valence electrons. The molecule has 0 aliphatic carbocycles. The van der Waals surface area contributed by atoms with Gasteiger partial charge in [0.1, 0.15) is 5.82 Å². The number of aliphatic hydroxyl groups excluding tert-OH is 1. The lowest BCUT2D eigenvalue weighted by molar-refractivity contribution is 0.185. The molecule has 1 aliphatic heterocycles. The highest BCUT2D eigenvalue weighted by atomic mass is 16.3. The van der Waals surface area contributed by atoms with Crippen LogP contribution in [0.3, 0.4) is 0 Å². The number of aromatic nitrogens is 3. The number of hydrogen-bond acceptors (Lipinski definition) is 7. The van der Waals surface area contributed by atoms with E-state index in [1.807, 2.05) is 27.0 Å². The molecule has 0 spiro atoms. The summed E-state index contributed by atoms with van der Waals surface area (Å²) < 4.78 is 0. The molecule has 1 fully saturated rings. The zero-order chi connectivity index (χ0) is 15.0. The number of rotatable bonds is 3. The van der Waals surface area contributed by atoms with E-state index in [0.717, 1.165) is 22.5 Å². The van der Waals surface area contributed by atoms with Gasteiger partial charge >= 0.3 is 0 Å². The predicted molar refractivity (Wildman–Crippen MR) is 82.6 cm³/mol. The second kappa shape index (κ2) is 5.42. The maximum absolute atomic E-state index is 9.87. The summed E-state index contributed by atoms with van der Waals surface area (Å²) in [6.45, 7) is 5.25. The molecular formula is C14H20N6O. The van der Waals surface area contributed by atoms with E-state index in [1.54, 1.807) is 0 Å². The summed E-state index contributed by atoms with van der Waals surface area (Å²) in [5, 5.41) is 20.2. The fourth-order valence-electron chi connectivity index (χ4n) is 2.70. The van der Waals surface area contributed by atoms with Crippen LogP contribution in [-0.4, -0.2) is 52.3 Å². The SMILES string of the molecule is CNc1nc(NC2CNC[C@H]2O)nc2nc(C)cc(C)c12. The van der Waals surface area contributed by atoms with Crippen molar-refractivity contribution in [3.8, 4) is 0 Å². The Hall–Kier alpha value is -1.99. The van der Waals surface area contributed by atoms with E-state index in [-0.39, 0.29) is 6.04 Å². The van der Waals surface area contributed by atoms with E-state index in [9.17, 15) is 5.11 Å². The quantitative estimate of drug-likeness (QED) is 0.650. The van der Waals surface area contributed by atoms with Crippen molar-refractivity contribution in [3.05, 3.63) is 17.3 Å². The van der Waals surface area contributed by atoms with Crippen LogP contribution >= 0.6 is 0 Å². The summed E-state index contributed by atoms with van der Waals surface area (Å²) in [4.78, 5) is 13.5. The highest BCUT2D eigenvalue weighted by molar-refractivity contribution is 5.90. The van der Waals surface area contributed by atoms with E-state index in [0.29, 0.717) is 24.7 Å². The molecule has 1 unspecified atom stereocenters. The summed E-state index contributed by atoms with van der Waals surface area (Å²) in [5.74, 6) is 1.23. The molecule has 3 heterocycles. The third kappa shape index (κ3) is 2.62. The number of nitrogens with one attached hydrogen (secondary N) is 3. The number of β-amino-alcohol motifs (C(OH)–C–C–N with tert-alkyl or cyclic N) is 1. The summed E-state index contributed by atoms with van der Waals surface area (Å²) in [6, 6.07) is 1.93. The molecule has 2 aromatic heterocycles. The second-order valence-corrected chi connectivity index (χ2v) is 5.40. The van der Waals surface area contributed by atoms with Crippen molar-refractivity contribution >= 4 is 22.8 Å². The van der Waals surface area contributed by atoms with Gasteiger partial charge in [0.25, 0.3) is 0 Å². The minimum absolute atomic E-state index is 0.0851. The lowest BCUT2D eigenvalue weighted by Gasteiger charge is -2.17. The molecule has 1 aliphatic rings. The highest BCUT2D eigenvalue weighted by Crippen LogP contribution is 2.25. The molecule has 0 aromatic carbocycles. The van der Waals surface area contributed by atoms with E-state index in [4.69, 9.17) is 0 Å².